The van der Waals surface area contributed by atoms with Crippen molar-refractivity contribution in [2.45, 2.75) is 38.8 Å². The van der Waals surface area contributed by atoms with E-state index in [0.29, 0.717) is 12.1 Å². The zero-order valence-corrected chi connectivity index (χ0v) is 15.2. The Morgan fingerprint density at radius 1 is 1.24 bits per heavy atom. The van der Waals surface area contributed by atoms with Crippen LogP contribution in [0, 0.1) is 0 Å². The molecule has 134 valence electrons. The summed E-state index contributed by atoms with van der Waals surface area (Å²) in [5.74, 6) is 0.771. The van der Waals surface area contributed by atoms with Crippen LogP contribution in [0.5, 0.6) is 0 Å². The summed E-state index contributed by atoms with van der Waals surface area (Å²) < 4.78 is 10.9. The predicted octanol–water partition coefficient (Wildman–Crippen LogP) is 2.98. The maximum absolute atomic E-state index is 12.4. The van der Waals surface area contributed by atoms with Crippen LogP contribution in [0.15, 0.2) is 22.1 Å². The first-order valence-corrected chi connectivity index (χ1v) is 9.91. The molecule has 0 saturated carbocycles. The molecule has 5 nitrogen and oxygen atoms in total. The Morgan fingerprint density at radius 2 is 2.08 bits per heavy atom. The van der Waals surface area contributed by atoms with E-state index < -0.39 is 0 Å². The van der Waals surface area contributed by atoms with Gasteiger partial charge in [-0.05, 0) is 48.3 Å². The Labute approximate surface area is 152 Å². The van der Waals surface area contributed by atoms with E-state index in [2.05, 4.69) is 15.6 Å². The van der Waals surface area contributed by atoms with Crippen LogP contribution in [-0.4, -0.2) is 37.1 Å². The predicted molar refractivity (Wildman–Crippen MR) is 96.9 cm³/mol. The van der Waals surface area contributed by atoms with Gasteiger partial charge in [-0.1, -0.05) is 0 Å². The summed E-state index contributed by atoms with van der Waals surface area (Å²) in [5, 5.41) is 5.25. The molecule has 2 aromatic heterocycles. The lowest BCUT2D eigenvalue weighted by molar-refractivity contribution is 0.0313. The van der Waals surface area contributed by atoms with Gasteiger partial charge in [-0.2, -0.15) is 0 Å². The van der Waals surface area contributed by atoms with E-state index in [1.807, 2.05) is 17.4 Å². The normalized spacial score (nSPS) is 18.1. The number of ether oxygens (including phenoxy) is 1. The zero-order chi connectivity index (χ0) is 17.1. The molecule has 2 aliphatic rings. The molecule has 3 heterocycles. The van der Waals surface area contributed by atoms with Gasteiger partial charge in [0, 0.05) is 24.5 Å². The second-order valence-corrected chi connectivity index (χ2v) is 7.71. The lowest BCUT2D eigenvalue weighted by Gasteiger charge is -2.25. The van der Waals surface area contributed by atoms with Crippen molar-refractivity contribution in [3.8, 4) is 0 Å². The third-order valence-corrected chi connectivity index (χ3v) is 6.12. The molecule has 0 spiro atoms. The molecule has 0 aromatic carbocycles. The molecule has 4 rings (SSSR count). The molecule has 6 heteroatoms. The van der Waals surface area contributed by atoms with Crippen LogP contribution in [-0.2, 0) is 30.7 Å². The summed E-state index contributed by atoms with van der Waals surface area (Å²) in [6.45, 7) is 4.68. The summed E-state index contributed by atoms with van der Waals surface area (Å²) in [6, 6.07) is 1.86. The zero-order valence-electron chi connectivity index (χ0n) is 14.4. The fourth-order valence-corrected chi connectivity index (χ4v) is 4.70. The van der Waals surface area contributed by atoms with E-state index in [1.54, 1.807) is 6.26 Å². The molecule has 1 aliphatic heterocycles. The number of morpholine rings is 1. The molecule has 1 amide bonds. The highest BCUT2D eigenvalue weighted by atomic mass is 32.1. The van der Waals surface area contributed by atoms with Crippen LogP contribution in [0.4, 0.5) is 0 Å². The number of carbonyl (C=O) groups excluding carboxylic acids is 1. The van der Waals surface area contributed by atoms with Gasteiger partial charge in [0.2, 0.25) is 0 Å². The maximum Gasteiger partial charge on any atom is 0.254 e. The number of aryl methyl sites for hydroxylation is 1. The quantitative estimate of drug-likeness (QED) is 0.891. The summed E-state index contributed by atoms with van der Waals surface area (Å²) in [4.78, 5) is 16.2. The Hall–Kier alpha value is -1.63. The molecule has 0 bridgehead atoms. The lowest BCUT2D eigenvalue weighted by Crippen LogP contribution is -2.35. The van der Waals surface area contributed by atoms with Crippen molar-refractivity contribution in [3.63, 3.8) is 0 Å². The fraction of sp³-hybridized carbons (Fsp3) is 0.526. The third-order valence-electron chi connectivity index (χ3n) is 4.99. The summed E-state index contributed by atoms with van der Waals surface area (Å²) in [6.07, 6.45) is 6.46. The van der Waals surface area contributed by atoms with Gasteiger partial charge in [-0.15, -0.1) is 11.3 Å². The molecule has 0 atom stereocenters. The average molecular weight is 360 g/mol. The van der Waals surface area contributed by atoms with Crippen LogP contribution in [0.3, 0.4) is 0 Å². The van der Waals surface area contributed by atoms with Crippen molar-refractivity contribution in [1.29, 1.82) is 0 Å². The van der Waals surface area contributed by atoms with Crippen LogP contribution >= 0.6 is 11.3 Å². The minimum absolute atomic E-state index is 0.0623. The first-order chi connectivity index (χ1) is 12.3. The summed E-state index contributed by atoms with van der Waals surface area (Å²) in [5.41, 5.74) is 3.36. The van der Waals surface area contributed by atoms with Crippen LogP contribution < -0.4 is 5.32 Å². The molecular formula is C19H24N2O3S. The number of hydrogen-bond acceptors (Lipinski definition) is 5. The molecule has 0 radical (unpaired) electrons. The van der Waals surface area contributed by atoms with Gasteiger partial charge < -0.3 is 14.5 Å². The van der Waals surface area contributed by atoms with E-state index >= 15 is 0 Å². The number of amides is 1. The van der Waals surface area contributed by atoms with Gasteiger partial charge in [-0.25, -0.2) is 0 Å². The first-order valence-electron chi connectivity index (χ1n) is 9.03. The first kappa shape index (κ1) is 16.8. The van der Waals surface area contributed by atoms with Crippen molar-refractivity contribution in [2.24, 2.45) is 0 Å². The number of rotatable bonds is 5. The van der Waals surface area contributed by atoms with Gasteiger partial charge >= 0.3 is 0 Å². The van der Waals surface area contributed by atoms with E-state index in [0.717, 1.165) is 45.0 Å². The van der Waals surface area contributed by atoms with Crippen LogP contribution in [0.1, 0.15) is 45.0 Å². The van der Waals surface area contributed by atoms with Crippen molar-refractivity contribution in [2.75, 3.05) is 26.3 Å². The van der Waals surface area contributed by atoms with E-state index in [-0.39, 0.29) is 5.91 Å². The molecule has 25 heavy (non-hydrogen) atoms. The number of fused-ring (bicyclic) bond motifs is 1. The standard InChI is InChI=1S/C19H24N2O3S/c22-19(20-10-15-13-25-18-4-2-1-3-17(15)18)14-9-16(24-12-14)11-21-5-7-23-8-6-21/h9,12-13H,1-8,10-11H2,(H,20,22). The van der Waals surface area contributed by atoms with E-state index in [1.165, 1.54) is 35.3 Å². The molecular weight excluding hydrogens is 336 g/mol. The molecule has 1 saturated heterocycles. The largest absolute Gasteiger partial charge is 0.467 e. The number of nitrogens with one attached hydrogen (secondary N) is 1. The molecule has 1 aliphatic carbocycles. The smallest absolute Gasteiger partial charge is 0.254 e. The van der Waals surface area contributed by atoms with Crippen molar-refractivity contribution in [3.05, 3.63) is 45.0 Å². The third kappa shape index (κ3) is 3.97. The Balaban J connectivity index is 1.33. The van der Waals surface area contributed by atoms with Gasteiger partial charge in [0.15, 0.2) is 0 Å². The Morgan fingerprint density at radius 3 is 2.96 bits per heavy atom. The monoisotopic (exact) mass is 360 g/mol. The highest BCUT2D eigenvalue weighted by Gasteiger charge is 2.18. The van der Waals surface area contributed by atoms with Crippen molar-refractivity contribution < 1.29 is 13.9 Å². The van der Waals surface area contributed by atoms with Crippen LogP contribution in [0.25, 0.3) is 0 Å². The minimum Gasteiger partial charge on any atom is -0.467 e. The average Bonchev–Trinajstić information content (AvgIpc) is 3.28. The molecule has 2 aromatic rings. The topological polar surface area (TPSA) is 54.7 Å². The summed E-state index contributed by atoms with van der Waals surface area (Å²) in [7, 11) is 0. The fourth-order valence-electron chi connectivity index (χ4n) is 3.55. The van der Waals surface area contributed by atoms with Crippen molar-refractivity contribution >= 4 is 17.2 Å². The lowest BCUT2D eigenvalue weighted by atomic mass is 9.96. The van der Waals surface area contributed by atoms with E-state index in [4.69, 9.17) is 9.15 Å². The van der Waals surface area contributed by atoms with Gasteiger partial charge in [0.05, 0.1) is 25.3 Å². The van der Waals surface area contributed by atoms with Gasteiger partial charge in [0.1, 0.15) is 12.0 Å². The highest BCUT2D eigenvalue weighted by Crippen LogP contribution is 2.30. The van der Waals surface area contributed by atoms with Crippen molar-refractivity contribution in [1.82, 2.24) is 10.2 Å². The summed E-state index contributed by atoms with van der Waals surface area (Å²) >= 11 is 1.84. The number of carbonyl (C=O) groups is 1. The van der Waals surface area contributed by atoms with Crippen LogP contribution in [0.2, 0.25) is 0 Å². The number of hydrogen-bond donors (Lipinski definition) is 1. The second kappa shape index (κ2) is 7.72. The second-order valence-electron chi connectivity index (χ2n) is 6.74. The highest BCUT2D eigenvalue weighted by molar-refractivity contribution is 7.10. The molecule has 1 N–H and O–H groups in total. The van der Waals surface area contributed by atoms with E-state index in [9.17, 15) is 4.79 Å². The van der Waals surface area contributed by atoms with Gasteiger partial charge in [-0.3, -0.25) is 9.69 Å². The number of thiophene rings is 1. The SMILES string of the molecule is O=C(NCc1csc2c1CCCC2)c1coc(CN2CCOCC2)c1. The number of furan rings is 1. The molecule has 0 unspecified atom stereocenters. The Bertz CT molecular complexity index is 731. The van der Waals surface area contributed by atoms with Gasteiger partial charge in [0.25, 0.3) is 5.91 Å². The Kier molecular flexibility index (Phi) is 5.20. The molecule has 1 fully saturated rings. The maximum atomic E-state index is 12.4. The minimum atomic E-state index is -0.0623. The number of nitrogens with zero attached hydrogens (tertiary/aromatic N) is 1.